The Morgan fingerprint density at radius 2 is 1.85 bits per heavy atom. The van der Waals surface area contributed by atoms with Gasteiger partial charge in [0.25, 0.3) is 5.91 Å². The van der Waals surface area contributed by atoms with Gasteiger partial charge >= 0.3 is 0 Å². The number of aromatic nitrogens is 1. The van der Waals surface area contributed by atoms with Crippen molar-refractivity contribution in [2.75, 3.05) is 44.3 Å². The van der Waals surface area contributed by atoms with Crippen LogP contribution in [0.5, 0.6) is 0 Å². The van der Waals surface area contributed by atoms with Crippen molar-refractivity contribution in [3.8, 4) is 0 Å². The van der Waals surface area contributed by atoms with E-state index in [1.54, 1.807) is 0 Å². The van der Waals surface area contributed by atoms with E-state index in [-0.39, 0.29) is 5.91 Å². The molecule has 3 rings (SSSR count). The first-order chi connectivity index (χ1) is 12.8. The summed E-state index contributed by atoms with van der Waals surface area (Å²) in [5, 5.41) is 3.34. The van der Waals surface area contributed by atoms with Crippen LogP contribution >= 0.6 is 0 Å². The van der Waals surface area contributed by atoms with Gasteiger partial charge in [0, 0.05) is 44.8 Å². The van der Waals surface area contributed by atoms with Crippen LogP contribution in [0.15, 0.2) is 6.07 Å². The van der Waals surface area contributed by atoms with Gasteiger partial charge < -0.3 is 10.2 Å². The third-order valence-electron chi connectivity index (χ3n) is 5.19. The molecule has 1 fully saturated rings. The summed E-state index contributed by atoms with van der Waals surface area (Å²) in [5.41, 5.74) is 2.49. The standard InChI is InChI=1S/C19H30N4O3S/c1-14(2)13-20-18-16(19(24)22-8-4-5-9-22)12-15-6-10-23(27(3,25)26)11-7-17(15)21-18/h12,14H,4-11,13H2,1-3H3,(H,20,21). The minimum Gasteiger partial charge on any atom is -0.369 e. The Labute approximate surface area is 162 Å². The molecule has 0 saturated carbocycles. The predicted molar refractivity (Wildman–Crippen MR) is 107 cm³/mol. The molecule has 27 heavy (non-hydrogen) atoms. The number of hydrogen-bond acceptors (Lipinski definition) is 5. The van der Waals surface area contributed by atoms with E-state index < -0.39 is 10.0 Å². The van der Waals surface area contributed by atoms with E-state index in [0.717, 1.165) is 43.7 Å². The van der Waals surface area contributed by atoms with Crippen molar-refractivity contribution in [2.24, 2.45) is 5.92 Å². The minimum atomic E-state index is -3.22. The van der Waals surface area contributed by atoms with Crippen LogP contribution in [0, 0.1) is 5.92 Å². The SMILES string of the molecule is CC(C)CNc1nc2c(cc1C(=O)N1CCCC1)CCN(S(C)(=O)=O)CC2. The van der Waals surface area contributed by atoms with Gasteiger partial charge in [-0.2, -0.15) is 0 Å². The molecule has 8 heteroatoms. The van der Waals surface area contributed by atoms with E-state index in [1.807, 2.05) is 11.0 Å². The molecule has 0 spiro atoms. The second kappa shape index (κ2) is 8.14. The predicted octanol–water partition coefficient (Wildman–Crippen LogP) is 1.75. The quantitative estimate of drug-likeness (QED) is 0.823. The Kier molecular flexibility index (Phi) is 6.05. The topological polar surface area (TPSA) is 82.6 Å². The molecule has 0 unspecified atom stereocenters. The highest BCUT2D eigenvalue weighted by Crippen LogP contribution is 2.25. The van der Waals surface area contributed by atoms with Gasteiger partial charge in [-0.05, 0) is 36.8 Å². The minimum absolute atomic E-state index is 0.0262. The molecule has 7 nitrogen and oxygen atoms in total. The molecule has 1 saturated heterocycles. The van der Waals surface area contributed by atoms with Crippen molar-refractivity contribution in [1.29, 1.82) is 0 Å². The van der Waals surface area contributed by atoms with Gasteiger partial charge in [-0.25, -0.2) is 17.7 Å². The number of anilines is 1. The van der Waals surface area contributed by atoms with E-state index in [9.17, 15) is 13.2 Å². The molecule has 0 radical (unpaired) electrons. The Hall–Kier alpha value is -1.67. The zero-order chi connectivity index (χ0) is 19.6. The second-order valence-corrected chi connectivity index (χ2v) is 9.91. The zero-order valence-electron chi connectivity index (χ0n) is 16.5. The lowest BCUT2D eigenvalue weighted by Crippen LogP contribution is -2.32. The number of nitrogens with zero attached hydrogens (tertiary/aromatic N) is 3. The van der Waals surface area contributed by atoms with E-state index in [4.69, 9.17) is 4.98 Å². The number of carbonyl (C=O) groups excluding carboxylic acids is 1. The number of pyridine rings is 1. The van der Waals surface area contributed by atoms with E-state index >= 15 is 0 Å². The monoisotopic (exact) mass is 394 g/mol. The highest BCUT2D eigenvalue weighted by atomic mass is 32.2. The summed E-state index contributed by atoms with van der Waals surface area (Å²) in [7, 11) is -3.22. The Morgan fingerprint density at radius 1 is 1.19 bits per heavy atom. The molecule has 1 N–H and O–H groups in total. The first-order valence-electron chi connectivity index (χ1n) is 9.76. The maximum atomic E-state index is 13.0. The molecule has 150 valence electrons. The van der Waals surface area contributed by atoms with Gasteiger partial charge in [-0.3, -0.25) is 4.79 Å². The summed E-state index contributed by atoms with van der Waals surface area (Å²) in [5.74, 6) is 1.09. The third kappa shape index (κ3) is 4.79. The van der Waals surface area contributed by atoms with Crippen molar-refractivity contribution in [2.45, 2.75) is 39.5 Å². The molecule has 1 aromatic heterocycles. The number of likely N-dealkylation sites (tertiary alicyclic amines) is 1. The van der Waals surface area contributed by atoms with Gasteiger partial charge in [0.1, 0.15) is 5.82 Å². The second-order valence-electron chi connectivity index (χ2n) is 7.93. The molecular weight excluding hydrogens is 364 g/mol. The zero-order valence-corrected chi connectivity index (χ0v) is 17.3. The first kappa shape index (κ1) is 20.1. The molecule has 0 atom stereocenters. The number of carbonyl (C=O) groups is 1. The fourth-order valence-corrected chi connectivity index (χ4v) is 4.48. The molecule has 0 bridgehead atoms. The van der Waals surface area contributed by atoms with Crippen LogP contribution in [0.3, 0.4) is 0 Å². The van der Waals surface area contributed by atoms with Crippen LogP contribution < -0.4 is 5.32 Å². The summed E-state index contributed by atoms with van der Waals surface area (Å²) in [6.07, 6.45) is 4.48. The van der Waals surface area contributed by atoms with Gasteiger partial charge in [-0.15, -0.1) is 0 Å². The summed E-state index contributed by atoms with van der Waals surface area (Å²) in [6.45, 7) is 7.42. The van der Waals surface area contributed by atoms with Crippen LogP contribution in [0.4, 0.5) is 5.82 Å². The lowest BCUT2D eigenvalue weighted by molar-refractivity contribution is 0.0793. The van der Waals surface area contributed by atoms with Crippen LogP contribution in [-0.2, 0) is 22.9 Å². The number of rotatable bonds is 5. The van der Waals surface area contributed by atoms with Gasteiger partial charge in [-0.1, -0.05) is 13.8 Å². The highest BCUT2D eigenvalue weighted by molar-refractivity contribution is 7.88. The Morgan fingerprint density at radius 3 is 2.48 bits per heavy atom. The average Bonchev–Trinajstić information content (AvgIpc) is 3.04. The van der Waals surface area contributed by atoms with Crippen molar-refractivity contribution in [3.05, 3.63) is 22.9 Å². The molecule has 3 heterocycles. The van der Waals surface area contributed by atoms with Gasteiger partial charge in [0.15, 0.2) is 0 Å². The maximum absolute atomic E-state index is 13.0. The number of hydrogen-bond donors (Lipinski definition) is 1. The van der Waals surface area contributed by atoms with E-state index in [2.05, 4.69) is 19.2 Å². The van der Waals surface area contributed by atoms with Gasteiger partial charge in [0.05, 0.1) is 11.8 Å². The summed E-state index contributed by atoms with van der Waals surface area (Å²) < 4.78 is 25.3. The van der Waals surface area contributed by atoms with Crippen molar-refractivity contribution < 1.29 is 13.2 Å². The fourth-order valence-electron chi connectivity index (χ4n) is 3.63. The van der Waals surface area contributed by atoms with Crippen molar-refractivity contribution in [3.63, 3.8) is 0 Å². The molecule has 0 aliphatic carbocycles. The summed E-state index contributed by atoms with van der Waals surface area (Å²) in [4.78, 5) is 19.7. The lowest BCUT2D eigenvalue weighted by Gasteiger charge is -2.20. The van der Waals surface area contributed by atoms with Crippen LogP contribution in [-0.4, -0.2) is 67.5 Å². The summed E-state index contributed by atoms with van der Waals surface area (Å²) >= 11 is 0. The van der Waals surface area contributed by atoms with Crippen molar-refractivity contribution >= 4 is 21.7 Å². The number of amides is 1. The van der Waals surface area contributed by atoms with Crippen LogP contribution in [0.2, 0.25) is 0 Å². The molecule has 1 aromatic rings. The number of fused-ring (bicyclic) bond motifs is 1. The number of nitrogens with one attached hydrogen (secondary N) is 1. The highest BCUT2D eigenvalue weighted by Gasteiger charge is 2.27. The fraction of sp³-hybridized carbons (Fsp3) is 0.684. The molecular formula is C19H30N4O3S. The van der Waals surface area contributed by atoms with E-state index in [0.29, 0.717) is 43.2 Å². The smallest absolute Gasteiger partial charge is 0.257 e. The maximum Gasteiger partial charge on any atom is 0.257 e. The Balaban J connectivity index is 1.92. The van der Waals surface area contributed by atoms with Crippen LogP contribution in [0.1, 0.15) is 48.3 Å². The first-order valence-corrected chi connectivity index (χ1v) is 11.6. The summed E-state index contributed by atoms with van der Waals surface area (Å²) in [6, 6.07) is 1.94. The normalized spacial score (nSPS) is 18.4. The lowest BCUT2D eigenvalue weighted by atomic mass is 10.0. The third-order valence-corrected chi connectivity index (χ3v) is 6.49. The average molecular weight is 395 g/mol. The Bertz CT molecular complexity index is 801. The molecule has 2 aliphatic rings. The van der Waals surface area contributed by atoms with Crippen molar-refractivity contribution in [1.82, 2.24) is 14.2 Å². The molecule has 0 aromatic carbocycles. The molecule has 2 aliphatic heterocycles. The van der Waals surface area contributed by atoms with Crippen LogP contribution in [0.25, 0.3) is 0 Å². The largest absolute Gasteiger partial charge is 0.369 e. The van der Waals surface area contributed by atoms with E-state index in [1.165, 1.54) is 10.6 Å². The molecule has 1 amide bonds. The number of sulfonamides is 1. The van der Waals surface area contributed by atoms with Gasteiger partial charge in [0.2, 0.25) is 10.0 Å².